The first-order valence-electron chi connectivity index (χ1n) is 14.1. The average Bonchev–Trinajstić information content (AvgIpc) is 3.23. The predicted molar refractivity (Wildman–Crippen MR) is 150 cm³/mol. The summed E-state index contributed by atoms with van der Waals surface area (Å²) in [6.45, 7) is 3.37. The van der Waals surface area contributed by atoms with Crippen LogP contribution in [0.25, 0.3) is 11.1 Å². The van der Waals surface area contributed by atoms with E-state index >= 15 is 0 Å². The van der Waals surface area contributed by atoms with Crippen molar-refractivity contribution in [2.24, 2.45) is 0 Å². The molecule has 3 aromatic rings. The van der Waals surface area contributed by atoms with E-state index in [1.807, 2.05) is 4.90 Å². The second kappa shape index (κ2) is 12.4. The number of ether oxygens (including phenoxy) is 1. The van der Waals surface area contributed by atoms with Crippen LogP contribution in [-0.2, 0) is 23.7 Å². The molecule has 1 fully saturated rings. The Morgan fingerprint density at radius 1 is 0.864 bits per heavy atom. The molecule has 7 nitrogen and oxygen atoms in total. The number of rotatable bonds is 4. The first kappa shape index (κ1) is 31.1. The number of fused-ring (bicyclic) bond motifs is 1. The molecule has 0 saturated carbocycles. The van der Waals surface area contributed by atoms with Crippen LogP contribution in [0.2, 0.25) is 0 Å². The van der Waals surface area contributed by atoms with Gasteiger partial charge in [-0.3, -0.25) is 9.59 Å². The van der Waals surface area contributed by atoms with Crippen LogP contribution in [-0.4, -0.2) is 65.9 Å². The number of alkyl halides is 6. The summed E-state index contributed by atoms with van der Waals surface area (Å²) in [6, 6.07) is 12.0. The molecule has 44 heavy (non-hydrogen) atoms. The summed E-state index contributed by atoms with van der Waals surface area (Å²) in [6.07, 6.45) is -9.04. The van der Waals surface area contributed by atoms with E-state index in [-0.39, 0.29) is 48.6 Å². The number of anilines is 1. The molecule has 234 valence electrons. The van der Waals surface area contributed by atoms with Crippen molar-refractivity contribution in [1.82, 2.24) is 14.8 Å². The summed E-state index contributed by atoms with van der Waals surface area (Å²) in [5.74, 6) is -0.0910. The third kappa shape index (κ3) is 6.92. The largest absolute Gasteiger partial charge is 0.477 e. The molecule has 0 radical (unpaired) electrons. The highest BCUT2D eigenvalue weighted by molar-refractivity contribution is 6.03. The number of halogens is 6. The number of carbonyl (C=O) groups is 2. The van der Waals surface area contributed by atoms with Gasteiger partial charge in [-0.2, -0.15) is 31.3 Å². The number of benzene rings is 2. The maximum Gasteiger partial charge on any atom is 0.416 e. The Kier molecular flexibility index (Phi) is 8.76. The van der Waals surface area contributed by atoms with E-state index in [0.29, 0.717) is 61.7 Å². The minimum absolute atomic E-state index is 0.0277. The maximum absolute atomic E-state index is 14.1. The third-order valence-corrected chi connectivity index (χ3v) is 7.66. The van der Waals surface area contributed by atoms with Gasteiger partial charge in [0.25, 0.3) is 5.91 Å². The van der Waals surface area contributed by atoms with Gasteiger partial charge in [-0.05, 0) is 48.2 Å². The highest BCUT2D eigenvalue weighted by atomic mass is 19.4. The number of hydrogen-bond acceptors (Lipinski definition) is 5. The monoisotopic (exact) mass is 620 g/mol. The molecule has 2 amide bonds. The lowest BCUT2D eigenvalue weighted by Crippen LogP contribution is -2.36. The van der Waals surface area contributed by atoms with Crippen molar-refractivity contribution in [3.8, 4) is 17.0 Å². The number of pyridine rings is 1. The van der Waals surface area contributed by atoms with E-state index in [4.69, 9.17) is 4.74 Å². The third-order valence-electron chi connectivity index (χ3n) is 7.66. The van der Waals surface area contributed by atoms with Gasteiger partial charge < -0.3 is 19.4 Å². The van der Waals surface area contributed by atoms with Gasteiger partial charge >= 0.3 is 12.4 Å². The maximum atomic E-state index is 14.1. The molecular formula is C31H30F6N4O3. The van der Waals surface area contributed by atoms with Crippen molar-refractivity contribution in [2.75, 3.05) is 44.2 Å². The quantitative estimate of drug-likeness (QED) is 0.322. The summed E-state index contributed by atoms with van der Waals surface area (Å²) in [4.78, 5) is 35.7. The fraction of sp³-hybridized carbons (Fsp3) is 0.387. The normalized spacial score (nSPS) is 16.5. The molecule has 2 aliphatic heterocycles. The van der Waals surface area contributed by atoms with E-state index in [2.05, 4.69) is 4.98 Å². The molecule has 3 heterocycles. The topological polar surface area (TPSA) is 66.0 Å². The van der Waals surface area contributed by atoms with Gasteiger partial charge in [-0.15, -0.1) is 0 Å². The Morgan fingerprint density at radius 3 is 2.18 bits per heavy atom. The van der Waals surface area contributed by atoms with Crippen LogP contribution in [0.15, 0.2) is 54.6 Å². The molecule has 0 unspecified atom stereocenters. The second-order valence-electron chi connectivity index (χ2n) is 10.8. The van der Waals surface area contributed by atoms with Crippen molar-refractivity contribution in [2.45, 2.75) is 38.7 Å². The fourth-order valence-corrected chi connectivity index (χ4v) is 5.45. The van der Waals surface area contributed by atoms with Gasteiger partial charge in [0.15, 0.2) is 0 Å². The van der Waals surface area contributed by atoms with Crippen LogP contribution in [0.5, 0.6) is 5.88 Å². The molecule has 1 aromatic heterocycles. The zero-order chi connectivity index (χ0) is 31.6. The molecule has 0 bridgehead atoms. The van der Waals surface area contributed by atoms with Crippen LogP contribution in [0.3, 0.4) is 0 Å². The summed E-state index contributed by atoms with van der Waals surface area (Å²) >= 11 is 0. The summed E-state index contributed by atoms with van der Waals surface area (Å²) in [5.41, 5.74) is -1.99. The van der Waals surface area contributed by atoms with Crippen LogP contribution in [0.4, 0.5) is 32.2 Å². The Morgan fingerprint density at radius 2 is 1.55 bits per heavy atom. The van der Waals surface area contributed by atoms with Crippen LogP contribution < -0.4 is 9.64 Å². The van der Waals surface area contributed by atoms with E-state index in [1.165, 1.54) is 11.8 Å². The van der Waals surface area contributed by atoms with Crippen LogP contribution >= 0.6 is 0 Å². The van der Waals surface area contributed by atoms with Crippen LogP contribution in [0, 0.1) is 0 Å². The average molecular weight is 621 g/mol. The molecule has 2 aromatic carbocycles. The first-order chi connectivity index (χ1) is 20.8. The number of carbonyl (C=O) groups excluding carboxylic acids is 2. The molecule has 5 rings (SSSR count). The van der Waals surface area contributed by atoms with Crippen molar-refractivity contribution in [3.05, 3.63) is 76.9 Å². The van der Waals surface area contributed by atoms with E-state index in [0.717, 1.165) is 0 Å². The Bertz CT molecular complexity index is 1500. The Labute approximate surface area is 250 Å². The SMILES string of the molecule is CC(=O)N1CCCN(c2cc(-c3ccccc3)c3c(n2)OCCCN(Cc2cc(C(F)(F)F)cc(C(F)(F)F)c2)C3=O)CC1. The van der Waals surface area contributed by atoms with E-state index in [9.17, 15) is 35.9 Å². The second-order valence-corrected chi connectivity index (χ2v) is 10.8. The standard InChI is InChI=1S/C31H30F6N4O3/c1-20(42)39-9-5-10-40(13-12-39)26-18-25(22-7-3-2-4-8-22)27-28(38-26)44-14-6-11-41(29(27)43)19-21-15-23(30(32,33)34)17-24(16-21)31(35,36)37/h2-4,7-8,15-18H,5-6,9-14,19H2,1H3. The highest BCUT2D eigenvalue weighted by Gasteiger charge is 2.37. The van der Waals surface area contributed by atoms with Gasteiger partial charge in [0.2, 0.25) is 11.8 Å². The zero-order valence-corrected chi connectivity index (χ0v) is 23.8. The van der Waals surface area contributed by atoms with Crippen molar-refractivity contribution in [3.63, 3.8) is 0 Å². The predicted octanol–water partition coefficient (Wildman–Crippen LogP) is 6.27. The van der Waals surface area contributed by atoms with E-state index in [1.54, 1.807) is 41.3 Å². The lowest BCUT2D eigenvalue weighted by Gasteiger charge is -2.29. The van der Waals surface area contributed by atoms with Gasteiger partial charge in [-0.1, -0.05) is 30.3 Å². The Balaban J connectivity index is 1.56. The van der Waals surface area contributed by atoms with Crippen LogP contribution in [0.1, 0.15) is 46.8 Å². The molecule has 1 saturated heterocycles. The highest BCUT2D eigenvalue weighted by Crippen LogP contribution is 2.38. The number of nitrogens with zero attached hydrogens (tertiary/aromatic N) is 4. The molecule has 2 aliphatic rings. The Hall–Kier alpha value is -4.29. The number of amides is 2. The van der Waals surface area contributed by atoms with Gasteiger partial charge in [0, 0.05) is 51.8 Å². The van der Waals surface area contributed by atoms with E-state index < -0.39 is 35.9 Å². The lowest BCUT2D eigenvalue weighted by molar-refractivity contribution is -0.143. The van der Waals surface area contributed by atoms with Crippen molar-refractivity contribution < 1.29 is 40.7 Å². The minimum Gasteiger partial charge on any atom is -0.477 e. The van der Waals surface area contributed by atoms with Gasteiger partial charge in [-0.25, -0.2) is 0 Å². The lowest BCUT2D eigenvalue weighted by atomic mass is 9.98. The molecule has 0 N–H and O–H groups in total. The number of hydrogen-bond donors (Lipinski definition) is 0. The summed E-state index contributed by atoms with van der Waals surface area (Å²) in [5, 5.41) is 0. The van der Waals surface area contributed by atoms with Crippen molar-refractivity contribution >= 4 is 17.6 Å². The molecule has 0 aliphatic carbocycles. The van der Waals surface area contributed by atoms with Gasteiger partial charge in [0.05, 0.1) is 17.7 Å². The fourth-order valence-electron chi connectivity index (χ4n) is 5.45. The minimum atomic E-state index is -5.01. The summed E-state index contributed by atoms with van der Waals surface area (Å²) in [7, 11) is 0. The number of aromatic nitrogens is 1. The smallest absolute Gasteiger partial charge is 0.416 e. The summed E-state index contributed by atoms with van der Waals surface area (Å²) < 4.78 is 87.1. The molecule has 13 heteroatoms. The molecule has 0 atom stereocenters. The zero-order valence-electron chi connectivity index (χ0n) is 23.8. The van der Waals surface area contributed by atoms with Crippen molar-refractivity contribution in [1.29, 1.82) is 0 Å². The molecule has 0 spiro atoms. The first-order valence-corrected chi connectivity index (χ1v) is 14.1. The van der Waals surface area contributed by atoms with Gasteiger partial charge in [0.1, 0.15) is 11.4 Å². The molecular weight excluding hydrogens is 590 g/mol.